The molecule has 0 saturated carbocycles. The topological polar surface area (TPSA) is 134 Å². The van der Waals surface area contributed by atoms with Gasteiger partial charge in [-0.25, -0.2) is 0 Å². The fourth-order valence-corrected chi connectivity index (χ4v) is 3.64. The maximum atomic E-state index is 12.5. The third kappa shape index (κ3) is 9.06. The Labute approximate surface area is 194 Å². The minimum Gasteiger partial charge on any atom is -0.497 e. The molecule has 0 aliphatic rings. The molecule has 10 heteroatoms. The molecule has 0 spiro atoms. The summed E-state index contributed by atoms with van der Waals surface area (Å²) >= 11 is 0. The summed E-state index contributed by atoms with van der Waals surface area (Å²) in [5.41, 5.74) is 0.940. The van der Waals surface area contributed by atoms with E-state index in [0.717, 1.165) is 34.9 Å². The van der Waals surface area contributed by atoms with Crippen LogP contribution in [0.15, 0.2) is 36.4 Å². The second-order valence-corrected chi connectivity index (χ2v) is 8.51. The van der Waals surface area contributed by atoms with Gasteiger partial charge in [-0.3, -0.25) is 9.59 Å². The molecule has 180 valence electrons. The van der Waals surface area contributed by atoms with Crippen molar-refractivity contribution in [2.75, 3.05) is 26.9 Å². The second kappa shape index (κ2) is 13.9. The maximum Gasteiger partial charge on any atom is 0.694 e. The quantitative estimate of drug-likeness (QED) is 0.242. The summed E-state index contributed by atoms with van der Waals surface area (Å²) in [6.07, 6.45) is 2.37. The highest BCUT2D eigenvalue weighted by Gasteiger charge is 2.19. The van der Waals surface area contributed by atoms with Gasteiger partial charge in [0, 0.05) is 17.5 Å². The highest BCUT2D eigenvalue weighted by atomic mass is 31.1. The van der Waals surface area contributed by atoms with E-state index in [1.807, 2.05) is 43.3 Å². The van der Waals surface area contributed by atoms with Crippen molar-refractivity contribution in [2.45, 2.75) is 44.6 Å². The average molecular weight is 479 g/mol. The number of aliphatic hydroxyl groups excluding tert-OH is 1. The van der Waals surface area contributed by atoms with Crippen LogP contribution in [-0.2, 0) is 18.7 Å². The molecule has 0 aromatic heterocycles. The summed E-state index contributed by atoms with van der Waals surface area (Å²) in [7, 11) is -1.14. The van der Waals surface area contributed by atoms with Crippen molar-refractivity contribution in [1.29, 1.82) is 0 Å². The van der Waals surface area contributed by atoms with Crippen LogP contribution in [0.1, 0.15) is 44.1 Å². The molecule has 0 radical (unpaired) electrons. The zero-order chi connectivity index (χ0) is 24.2. The van der Waals surface area contributed by atoms with Gasteiger partial charge in [0.05, 0.1) is 25.7 Å². The summed E-state index contributed by atoms with van der Waals surface area (Å²) in [6, 6.07) is 11.1. The number of hydrogen-bond donors (Lipinski definition) is 4. The van der Waals surface area contributed by atoms with Gasteiger partial charge >= 0.3 is 8.25 Å². The molecule has 9 nitrogen and oxygen atoms in total. The van der Waals surface area contributed by atoms with Gasteiger partial charge in [0.25, 0.3) is 0 Å². The second-order valence-electron chi connectivity index (χ2n) is 7.78. The Hall–Kier alpha value is -2.58. The molecule has 0 heterocycles. The minimum atomic E-state index is -2.77. The Bertz CT molecular complexity index is 954. The summed E-state index contributed by atoms with van der Waals surface area (Å²) in [5, 5.41) is 16.8. The molecule has 0 saturated heterocycles. The zero-order valence-corrected chi connectivity index (χ0v) is 19.8. The lowest BCUT2D eigenvalue weighted by atomic mass is 9.97. The Balaban J connectivity index is 1.68. The number of methoxy groups -OCH3 is 1. The number of carbonyl (C=O) groups is 2. The van der Waals surface area contributed by atoms with E-state index in [2.05, 4.69) is 15.2 Å². The van der Waals surface area contributed by atoms with E-state index in [0.29, 0.717) is 13.0 Å². The predicted molar refractivity (Wildman–Crippen MR) is 125 cm³/mol. The van der Waals surface area contributed by atoms with Crippen LogP contribution in [0.3, 0.4) is 0 Å². The van der Waals surface area contributed by atoms with Crippen LogP contribution >= 0.6 is 8.25 Å². The van der Waals surface area contributed by atoms with Crippen LogP contribution in [0.4, 0.5) is 0 Å². The number of unbranched alkanes of at least 4 members (excludes halogenated alkanes) is 2. The monoisotopic (exact) mass is 479 g/mol. The summed E-state index contributed by atoms with van der Waals surface area (Å²) < 4.78 is 20.3. The van der Waals surface area contributed by atoms with E-state index in [9.17, 15) is 14.2 Å². The number of carbonyl (C=O) groups excluding carboxylic acids is 2. The molecule has 2 amide bonds. The normalized spacial score (nSPS) is 13.3. The van der Waals surface area contributed by atoms with Gasteiger partial charge < -0.3 is 20.5 Å². The van der Waals surface area contributed by atoms with Crippen molar-refractivity contribution in [2.24, 2.45) is 0 Å². The van der Waals surface area contributed by atoms with Crippen molar-refractivity contribution in [1.82, 2.24) is 10.6 Å². The van der Waals surface area contributed by atoms with Crippen LogP contribution < -0.4 is 15.4 Å². The van der Waals surface area contributed by atoms with Gasteiger partial charge in [-0.05, 0) is 48.2 Å². The molecular formula is C23H32N2O7P+. The average Bonchev–Trinajstić information content (AvgIpc) is 2.82. The number of aliphatic hydroxyl groups is 1. The van der Waals surface area contributed by atoms with Crippen molar-refractivity contribution in [3.8, 4) is 5.75 Å². The number of hydrogen-bond acceptors (Lipinski definition) is 6. The van der Waals surface area contributed by atoms with Crippen LogP contribution in [0.25, 0.3) is 10.8 Å². The van der Waals surface area contributed by atoms with Gasteiger partial charge in [0.15, 0.2) is 0 Å². The van der Waals surface area contributed by atoms with Gasteiger partial charge in [0.2, 0.25) is 11.8 Å². The summed E-state index contributed by atoms with van der Waals surface area (Å²) in [6.45, 7) is 1.78. The predicted octanol–water partition coefficient (Wildman–Crippen LogP) is 2.77. The molecule has 2 unspecified atom stereocenters. The largest absolute Gasteiger partial charge is 0.694 e. The van der Waals surface area contributed by atoms with Crippen LogP contribution in [-0.4, -0.2) is 54.7 Å². The van der Waals surface area contributed by atoms with Gasteiger partial charge in [-0.2, -0.15) is 0 Å². The highest BCUT2D eigenvalue weighted by Crippen LogP contribution is 2.25. The summed E-state index contributed by atoms with van der Waals surface area (Å²) in [5.74, 6) is 0.195. The SMILES string of the molecule is COc1ccc2cc([C@H](C)C(=O)NCCCCCC(=O)NC(CO)CO[P+](=O)O)ccc2c1. The molecule has 33 heavy (non-hydrogen) atoms. The molecule has 2 rings (SSSR count). The maximum absolute atomic E-state index is 12.5. The van der Waals surface area contributed by atoms with Crippen molar-refractivity contribution in [3.05, 3.63) is 42.0 Å². The molecule has 2 aromatic rings. The lowest BCUT2D eigenvalue weighted by Crippen LogP contribution is -2.40. The van der Waals surface area contributed by atoms with Gasteiger partial charge in [-0.15, -0.1) is 9.42 Å². The first-order valence-electron chi connectivity index (χ1n) is 10.9. The molecule has 0 bridgehead atoms. The molecule has 0 aliphatic carbocycles. The van der Waals surface area contributed by atoms with Crippen LogP contribution in [0, 0.1) is 0 Å². The first kappa shape index (κ1) is 26.7. The zero-order valence-electron chi connectivity index (χ0n) is 19.0. The molecule has 3 atom stereocenters. The first-order chi connectivity index (χ1) is 15.8. The van der Waals surface area contributed by atoms with E-state index in [4.69, 9.17) is 14.7 Å². The fourth-order valence-electron chi connectivity index (χ4n) is 3.34. The Morgan fingerprint density at radius 3 is 2.52 bits per heavy atom. The van der Waals surface area contributed by atoms with Crippen molar-refractivity contribution >= 4 is 30.8 Å². The van der Waals surface area contributed by atoms with Crippen LogP contribution in [0.2, 0.25) is 0 Å². The van der Waals surface area contributed by atoms with E-state index >= 15 is 0 Å². The highest BCUT2D eigenvalue weighted by molar-refractivity contribution is 7.32. The lowest BCUT2D eigenvalue weighted by molar-refractivity contribution is -0.123. The Morgan fingerprint density at radius 2 is 1.82 bits per heavy atom. The minimum absolute atomic E-state index is 0.0476. The van der Waals surface area contributed by atoms with E-state index in [-0.39, 0.29) is 37.4 Å². The number of benzene rings is 2. The van der Waals surface area contributed by atoms with Crippen molar-refractivity contribution in [3.63, 3.8) is 0 Å². The van der Waals surface area contributed by atoms with Gasteiger partial charge in [0.1, 0.15) is 12.4 Å². The number of amides is 2. The Kier molecular flexibility index (Phi) is 11.2. The van der Waals surface area contributed by atoms with Gasteiger partial charge in [-0.1, -0.05) is 30.7 Å². The number of rotatable bonds is 14. The number of nitrogens with one attached hydrogen (secondary N) is 2. The third-order valence-electron chi connectivity index (χ3n) is 5.32. The summed E-state index contributed by atoms with van der Waals surface area (Å²) in [4.78, 5) is 33.0. The third-order valence-corrected chi connectivity index (χ3v) is 5.69. The molecular weight excluding hydrogens is 447 g/mol. The smallest absolute Gasteiger partial charge is 0.497 e. The molecule has 0 fully saturated rings. The fraction of sp³-hybridized carbons (Fsp3) is 0.478. The Morgan fingerprint density at radius 1 is 1.09 bits per heavy atom. The lowest BCUT2D eigenvalue weighted by Gasteiger charge is -2.14. The number of ether oxygens (including phenoxy) is 1. The van der Waals surface area contributed by atoms with E-state index in [1.165, 1.54) is 0 Å². The first-order valence-corrected chi connectivity index (χ1v) is 12.0. The number of fused-ring (bicyclic) bond motifs is 1. The standard InChI is InChI=1S/C23H31N2O7P/c1-16(17-7-8-19-13-21(31-2)10-9-18(19)12-17)23(28)24-11-5-3-4-6-22(27)25-20(14-26)15-32-33(29)30/h7-10,12-13,16,20,26H,3-6,11,14-15H2,1-2H3,(H2-,24,25,27,28,29,30)/p+1/t16-,20?/m0/s1. The van der Waals surface area contributed by atoms with Crippen molar-refractivity contribution < 1.29 is 33.4 Å². The molecule has 4 N–H and O–H groups in total. The van der Waals surface area contributed by atoms with E-state index < -0.39 is 14.3 Å². The van der Waals surface area contributed by atoms with E-state index in [1.54, 1.807) is 7.11 Å². The molecule has 0 aliphatic heterocycles. The molecule has 2 aromatic carbocycles. The van der Waals surface area contributed by atoms with Crippen LogP contribution in [0.5, 0.6) is 5.75 Å².